The number of aromatic nitrogens is 3. The van der Waals surface area contributed by atoms with E-state index in [-0.39, 0.29) is 0 Å². The van der Waals surface area contributed by atoms with E-state index in [0.29, 0.717) is 32.1 Å². The van der Waals surface area contributed by atoms with Crippen molar-refractivity contribution in [1.29, 1.82) is 0 Å². The summed E-state index contributed by atoms with van der Waals surface area (Å²) in [6.07, 6.45) is 0.708. The number of hydrogen-bond acceptors (Lipinski definition) is 4. The van der Waals surface area contributed by atoms with Gasteiger partial charge in [-0.3, -0.25) is 5.10 Å². The molecule has 0 amide bonds. The van der Waals surface area contributed by atoms with Gasteiger partial charge in [-0.15, -0.1) is 0 Å². The van der Waals surface area contributed by atoms with Gasteiger partial charge in [-0.2, -0.15) is 5.10 Å². The summed E-state index contributed by atoms with van der Waals surface area (Å²) in [5, 5.41) is 6.98. The molecule has 0 saturated heterocycles. The van der Waals surface area contributed by atoms with Gasteiger partial charge in [0, 0.05) is 13.0 Å². The molecule has 5 nitrogen and oxygen atoms in total. The number of benzene rings is 1. The fourth-order valence-electron chi connectivity index (χ4n) is 1.53. The van der Waals surface area contributed by atoms with Crippen LogP contribution in [-0.4, -0.2) is 28.4 Å². The van der Waals surface area contributed by atoms with Crippen molar-refractivity contribution in [3.05, 3.63) is 40.4 Å². The van der Waals surface area contributed by atoms with E-state index in [1.165, 1.54) is 0 Å². The molecule has 1 N–H and O–H groups in total. The van der Waals surface area contributed by atoms with Gasteiger partial charge >= 0.3 is 0 Å². The molecule has 0 atom stereocenters. The van der Waals surface area contributed by atoms with Crippen molar-refractivity contribution in [2.45, 2.75) is 20.0 Å². The van der Waals surface area contributed by atoms with E-state index in [2.05, 4.69) is 31.1 Å². The second kappa shape index (κ2) is 7.25. The van der Waals surface area contributed by atoms with Gasteiger partial charge in [-0.1, -0.05) is 12.1 Å². The summed E-state index contributed by atoms with van der Waals surface area (Å²) in [6.45, 7) is 3.68. The van der Waals surface area contributed by atoms with Crippen LogP contribution in [-0.2, 0) is 17.8 Å². The van der Waals surface area contributed by atoms with Crippen LogP contribution in [0.3, 0.4) is 0 Å². The predicted octanol–water partition coefficient (Wildman–Crippen LogP) is 2.73. The number of para-hydroxylation sites is 1. The number of nitrogens with one attached hydrogen (secondary N) is 1. The van der Waals surface area contributed by atoms with Crippen LogP contribution in [0.4, 0.5) is 0 Å². The topological polar surface area (TPSA) is 60.0 Å². The molecule has 2 rings (SSSR count). The quantitative estimate of drug-likeness (QED) is 0.795. The minimum Gasteiger partial charge on any atom is -0.484 e. The third-order valence-corrected chi connectivity index (χ3v) is 3.11. The van der Waals surface area contributed by atoms with Crippen LogP contribution in [0.1, 0.15) is 18.6 Å². The summed E-state index contributed by atoms with van der Waals surface area (Å²) in [6, 6.07) is 7.70. The number of rotatable bonds is 7. The molecule has 0 aliphatic rings. The minimum atomic E-state index is 0.365. The summed E-state index contributed by atoms with van der Waals surface area (Å²) in [7, 11) is 0. The predicted molar refractivity (Wildman–Crippen MR) is 75.1 cm³/mol. The average Bonchev–Trinajstić information content (AvgIpc) is 2.86. The van der Waals surface area contributed by atoms with E-state index >= 15 is 0 Å². The molecule has 0 aliphatic carbocycles. The Balaban J connectivity index is 1.85. The van der Waals surface area contributed by atoms with Gasteiger partial charge in [0.2, 0.25) is 0 Å². The second-order valence-electron chi connectivity index (χ2n) is 3.86. The second-order valence-corrected chi connectivity index (χ2v) is 4.72. The van der Waals surface area contributed by atoms with E-state index < -0.39 is 0 Å². The minimum absolute atomic E-state index is 0.365. The highest BCUT2D eigenvalue weighted by Crippen LogP contribution is 2.24. The van der Waals surface area contributed by atoms with Crippen LogP contribution in [0, 0.1) is 0 Å². The van der Waals surface area contributed by atoms with E-state index in [4.69, 9.17) is 9.47 Å². The number of nitrogens with zero attached hydrogens (tertiary/aromatic N) is 2. The Morgan fingerprint density at radius 2 is 2.16 bits per heavy atom. The zero-order valence-corrected chi connectivity index (χ0v) is 12.3. The highest BCUT2D eigenvalue weighted by molar-refractivity contribution is 9.10. The van der Waals surface area contributed by atoms with Crippen LogP contribution < -0.4 is 4.74 Å². The number of halogens is 1. The van der Waals surface area contributed by atoms with Gasteiger partial charge in [-0.05, 0) is 35.0 Å². The smallest absolute Gasteiger partial charge is 0.162 e. The molecule has 19 heavy (non-hydrogen) atoms. The Bertz CT molecular complexity index is 516. The molecule has 102 valence electrons. The van der Waals surface area contributed by atoms with Crippen molar-refractivity contribution in [2.24, 2.45) is 0 Å². The van der Waals surface area contributed by atoms with Crippen molar-refractivity contribution in [2.75, 3.05) is 13.2 Å². The molecular weight excluding hydrogens is 310 g/mol. The summed E-state index contributed by atoms with van der Waals surface area (Å²) in [4.78, 5) is 4.34. The Morgan fingerprint density at radius 3 is 2.95 bits per heavy atom. The summed E-state index contributed by atoms with van der Waals surface area (Å²) < 4.78 is 11.8. The molecule has 1 heterocycles. The molecule has 1 aromatic heterocycles. The molecule has 2 aromatic rings. The normalized spacial score (nSPS) is 10.6. The van der Waals surface area contributed by atoms with Crippen molar-refractivity contribution in [1.82, 2.24) is 15.2 Å². The van der Waals surface area contributed by atoms with Crippen LogP contribution in [0.25, 0.3) is 0 Å². The van der Waals surface area contributed by atoms with E-state index in [1.807, 2.05) is 31.2 Å². The van der Waals surface area contributed by atoms with E-state index in [1.54, 1.807) is 0 Å². The molecule has 6 heteroatoms. The van der Waals surface area contributed by atoms with Gasteiger partial charge in [0.15, 0.2) is 11.6 Å². The van der Waals surface area contributed by atoms with Crippen LogP contribution in [0.2, 0.25) is 0 Å². The summed E-state index contributed by atoms with van der Waals surface area (Å²) >= 11 is 3.43. The number of aromatic amines is 1. The zero-order chi connectivity index (χ0) is 13.5. The monoisotopic (exact) mass is 325 g/mol. The highest BCUT2D eigenvalue weighted by Gasteiger charge is 2.05. The molecule has 0 spiro atoms. The maximum absolute atomic E-state index is 5.65. The lowest BCUT2D eigenvalue weighted by Gasteiger charge is -2.05. The molecule has 1 aromatic carbocycles. The Hall–Kier alpha value is -1.40. The number of hydrogen-bond donors (Lipinski definition) is 1. The van der Waals surface area contributed by atoms with Gasteiger partial charge in [0.25, 0.3) is 0 Å². The molecule has 0 bridgehead atoms. The first-order chi connectivity index (χ1) is 9.29. The lowest BCUT2D eigenvalue weighted by Crippen LogP contribution is -2.00. The maximum atomic E-state index is 5.65. The van der Waals surface area contributed by atoms with Crippen LogP contribution in [0.15, 0.2) is 28.7 Å². The third-order valence-electron chi connectivity index (χ3n) is 2.45. The first-order valence-electron chi connectivity index (χ1n) is 6.15. The lowest BCUT2D eigenvalue weighted by atomic mass is 10.3. The van der Waals surface area contributed by atoms with Crippen LogP contribution in [0.5, 0.6) is 5.75 Å². The largest absolute Gasteiger partial charge is 0.484 e. The first kappa shape index (κ1) is 14.0. The average molecular weight is 326 g/mol. The number of H-pyrrole nitrogens is 1. The van der Waals surface area contributed by atoms with Crippen LogP contribution >= 0.6 is 15.9 Å². The Morgan fingerprint density at radius 1 is 1.32 bits per heavy atom. The fraction of sp³-hybridized carbons (Fsp3) is 0.385. The summed E-state index contributed by atoms with van der Waals surface area (Å²) in [5.74, 6) is 2.25. The summed E-state index contributed by atoms with van der Waals surface area (Å²) in [5.41, 5.74) is 0. The number of ether oxygens (including phenoxy) is 2. The molecule has 0 aliphatic heterocycles. The first-order valence-corrected chi connectivity index (χ1v) is 6.94. The van der Waals surface area contributed by atoms with Crippen molar-refractivity contribution < 1.29 is 9.47 Å². The maximum Gasteiger partial charge on any atom is 0.162 e. The van der Waals surface area contributed by atoms with Gasteiger partial charge in [-0.25, -0.2) is 4.98 Å². The molecule has 0 saturated carbocycles. The zero-order valence-electron chi connectivity index (χ0n) is 10.7. The Labute approximate surface area is 120 Å². The van der Waals surface area contributed by atoms with E-state index in [0.717, 1.165) is 16.0 Å². The van der Waals surface area contributed by atoms with Gasteiger partial charge < -0.3 is 9.47 Å². The highest BCUT2D eigenvalue weighted by atomic mass is 79.9. The molecular formula is C13H16BrN3O2. The van der Waals surface area contributed by atoms with Gasteiger partial charge in [0.05, 0.1) is 11.1 Å². The lowest BCUT2D eigenvalue weighted by molar-refractivity contribution is 0.149. The molecule has 0 unspecified atom stereocenters. The Kier molecular flexibility index (Phi) is 5.35. The van der Waals surface area contributed by atoms with E-state index in [9.17, 15) is 0 Å². The van der Waals surface area contributed by atoms with Crippen molar-refractivity contribution in [3.8, 4) is 5.75 Å². The van der Waals surface area contributed by atoms with Gasteiger partial charge in [0.1, 0.15) is 12.4 Å². The SMILES string of the molecule is CCOCCc1n[nH]c(COc2ccccc2Br)n1. The van der Waals surface area contributed by atoms with Crippen molar-refractivity contribution >= 4 is 15.9 Å². The molecule has 0 radical (unpaired) electrons. The fourth-order valence-corrected chi connectivity index (χ4v) is 1.93. The molecule has 0 fully saturated rings. The third kappa shape index (κ3) is 4.33. The standard InChI is InChI=1S/C13H16BrN3O2/c1-2-18-8-7-12-15-13(17-16-12)9-19-11-6-4-3-5-10(11)14/h3-6H,2,7-9H2,1H3,(H,15,16,17). The van der Waals surface area contributed by atoms with Crippen molar-refractivity contribution in [3.63, 3.8) is 0 Å².